The molecule has 0 aromatic heterocycles. The van der Waals surface area contributed by atoms with Crippen LogP contribution in [0.25, 0.3) is 0 Å². The van der Waals surface area contributed by atoms with E-state index in [0.29, 0.717) is 24.0 Å². The van der Waals surface area contributed by atoms with Gasteiger partial charge in [0.25, 0.3) is 0 Å². The number of ketones is 1. The Morgan fingerprint density at radius 1 is 1.26 bits per heavy atom. The van der Waals surface area contributed by atoms with Gasteiger partial charge in [0.2, 0.25) is 5.78 Å². The number of carbonyl (C=O) groups is 1. The largest absolute Gasteiger partial charge is 0.508 e. The van der Waals surface area contributed by atoms with E-state index in [9.17, 15) is 20.1 Å². The molecule has 0 radical (unpaired) electrons. The Morgan fingerprint density at radius 2 is 1.93 bits per heavy atom. The van der Waals surface area contributed by atoms with Gasteiger partial charge in [0, 0.05) is 11.6 Å². The van der Waals surface area contributed by atoms with Crippen molar-refractivity contribution in [1.29, 1.82) is 0 Å². The number of methoxy groups -OCH3 is 1. The summed E-state index contributed by atoms with van der Waals surface area (Å²) in [4.78, 5) is 12.9. The zero-order valence-corrected chi connectivity index (χ0v) is 15.2. The van der Waals surface area contributed by atoms with Crippen molar-refractivity contribution in [3.8, 4) is 23.0 Å². The van der Waals surface area contributed by atoms with E-state index >= 15 is 0 Å². The lowest BCUT2D eigenvalue weighted by atomic mass is 9.89. The Morgan fingerprint density at radius 3 is 2.52 bits per heavy atom. The number of hydrogen-bond acceptors (Lipinski definition) is 6. The van der Waals surface area contributed by atoms with E-state index in [-0.39, 0.29) is 28.6 Å². The molecule has 1 aliphatic rings. The van der Waals surface area contributed by atoms with Crippen LogP contribution in [-0.2, 0) is 6.42 Å². The first kappa shape index (κ1) is 18.8. The van der Waals surface area contributed by atoms with Gasteiger partial charge in [-0.3, -0.25) is 4.79 Å². The van der Waals surface area contributed by atoms with Crippen LogP contribution >= 0.6 is 0 Å². The van der Waals surface area contributed by atoms with E-state index in [1.54, 1.807) is 12.1 Å². The number of allylic oxidation sites excluding steroid dienone is 1. The van der Waals surface area contributed by atoms with E-state index in [1.165, 1.54) is 25.3 Å². The number of aromatic hydroxyl groups is 2. The molecule has 0 bridgehead atoms. The average molecular weight is 370 g/mol. The number of Topliss-reactive ketones (excluding diaryl/α,β-unsaturated/α-hetero) is 1. The third-order valence-electron chi connectivity index (χ3n) is 4.61. The lowest BCUT2D eigenvalue weighted by Gasteiger charge is -2.32. The van der Waals surface area contributed by atoms with Gasteiger partial charge >= 0.3 is 0 Å². The summed E-state index contributed by atoms with van der Waals surface area (Å²) in [6.45, 7) is 5.74. The zero-order valence-electron chi connectivity index (χ0n) is 15.2. The lowest BCUT2D eigenvalue weighted by Crippen LogP contribution is -2.37. The second kappa shape index (κ2) is 7.32. The molecule has 6 heteroatoms. The minimum Gasteiger partial charge on any atom is -0.508 e. The van der Waals surface area contributed by atoms with Gasteiger partial charge in [0.1, 0.15) is 28.6 Å². The number of benzene rings is 2. The molecule has 6 nitrogen and oxygen atoms in total. The van der Waals surface area contributed by atoms with Gasteiger partial charge in [0.15, 0.2) is 12.2 Å². The van der Waals surface area contributed by atoms with Gasteiger partial charge in [-0.1, -0.05) is 17.7 Å². The van der Waals surface area contributed by atoms with Crippen molar-refractivity contribution < 1.29 is 29.6 Å². The molecule has 1 heterocycles. The van der Waals surface area contributed by atoms with Crippen LogP contribution in [0, 0.1) is 0 Å². The molecule has 27 heavy (non-hydrogen) atoms. The Hall–Kier alpha value is -2.99. The van der Waals surface area contributed by atoms with E-state index in [1.807, 2.05) is 6.92 Å². The molecule has 0 spiro atoms. The predicted molar refractivity (Wildman–Crippen MR) is 99.6 cm³/mol. The van der Waals surface area contributed by atoms with Crippen molar-refractivity contribution in [2.45, 2.75) is 32.0 Å². The number of ether oxygens (including phenoxy) is 2. The van der Waals surface area contributed by atoms with Gasteiger partial charge in [-0.15, -0.1) is 6.58 Å². The van der Waals surface area contributed by atoms with Gasteiger partial charge in [-0.25, -0.2) is 0 Å². The van der Waals surface area contributed by atoms with Crippen LogP contribution < -0.4 is 9.47 Å². The first-order valence-electron chi connectivity index (χ1n) is 8.58. The second-order valence-electron chi connectivity index (χ2n) is 6.68. The fraction of sp³-hybridized carbons (Fsp3) is 0.286. The van der Waals surface area contributed by atoms with E-state index in [4.69, 9.17) is 9.47 Å². The summed E-state index contributed by atoms with van der Waals surface area (Å²) in [7, 11) is 1.38. The third-order valence-corrected chi connectivity index (χ3v) is 4.61. The number of hydrogen-bond donors (Lipinski definition) is 3. The molecule has 2 aromatic rings. The van der Waals surface area contributed by atoms with Gasteiger partial charge < -0.3 is 24.8 Å². The normalized spacial score (nSPS) is 18.6. The summed E-state index contributed by atoms with van der Waals surface area (Å²) in [6, 6.07) is 7.43. The number of rotatable bonds is 5. The van der Waals surface area contributed by atoms with Crippen LogP contribution in [0.5, 0.6) is 23.0 Å². The molecule has 2 aromatic carbocycles. The monoisotopic (exact) mass is 370 g/mol. The molecule has 2 atom stereocenters. The first-order valence-corrected chi connectivity index (χ1v) is 8.58. The van der Waals surface area contributed by atoms with Crippen LogP contribution in [0.1, 0.15) is 40.9 Å². The summed E-state index contributed by atoms with van der Waals surface area (Å²) in [5, 5.41) is 30.4. The fourth-order valence-electron chi connectivity index (χ4n) is 3.16. The Kier molecular flexibility index (Phi) is 5.10. The number of aliphatic hydroxyl groups excluding tert-OH is 1. The molecule has 0 fully saturated rings. The maximum Gasteiger partial charge on any atom is 0.202 e. The van der Waals surface area contributed by atoms with Crippen molar-refractivity contribution in [2.24, 2.45) is 0 Å². The minimum atomic E-state index is -1.44. The molecule has 0 saturated carbocycles. The number of fused-ring (bicyclic) bond motifs is 1. The smallest absolute Gasteiger partial charge is 0.202 e. The molecule has 1 aliphatic heterocycles. The molecule has 0 saturated heterocycles. The summed E-state index contributed by atoms with van der Waals surface area (Å²) in [6.07, 6.45) is -1.36. The van der Waals surface area contributed by atoms with Crippen LogP contribution in [0.4, 0.5) is 0 Å². The summed E-state index contributed by atoms with van der Waals surface area (Å²) >= 11 is 0. The molecule has 3 N–H and O–H groups in total. The zero-order chi connectivity index (χ0) is 19.7. The highest BCUT2D eigenvalue weighted by molar-refractivity contribution is 6.06. The third kappa shape index (κ3) is 3.48. The highest BCUT2D eigenvalue weighted by atomic mass is 16.5. The SMILES string of the molecule is C=C(C)CCc1c(O)cc(OC)c2c1O[C@H](c1ccc(O)cc1)[C@@H](O)C2=O. The molecule has 3 rings (SSSR count). The molecular weight excluding hydrogens is 348 g/mol. The van der Waals surface area contributed by atoms with Gasteiger partial charge in [-0.2, -0.15) is 0 Å². The number of phenolic OH excluding ortho intramolecular Hbond substituents is 2. The number of carbonyl (C=O) groups excluding carboxylic acids is 1. The van der Waals surface area contributed by atoms with E-state index < -0.39 is 18.0 Å². The Balaban J connectivity index is 2.12. The quantitative estimate of drug-likeness (QED) is 0.699. The van der Waals surface area contributed by atoms with Crippen LogP contribution in [0.3, 0.4) is 0 Å². The van der Waals surface area contributed by atoms with Crippen molar-refractivity contribution in [1.82, 2.24) is 0 Å². The molecular formula is C21H22O6. The molecule has 0 unspecified atom stereocenters. The van der Waals surface area contributed by atoms with Crippen LogP contribution in [-0.4, -0.2) is 34.3 Å². The Labute approximate surface area is 157 Å². The fourth-order valence-corrected chi connectivity index (χ4v) is 3.16. The first-order chi connectivity index (χ1) is 12.8. The maximum absolute atomic E-state index is 12.9. The number of aliphatic hydroxyl groups is 1. The highest BCUT2D eigenvalue weighted by Gasteiger charge is 2.41. The van der Waals surface area contributed by atoms with Gasteiger partial charge in [-0.05, 0) is 37.5 Å². The standard InChI is InChI=1S/C21H22O6/c1-11(2)4-9-14-15(23)10-16(26-3)17-18(24)19(25)20(27-21(14)17)12-5-7-13(22)8-6-12/h5-8,10,19-20,22-23,25H,1,4,9H2,2-3H3/t19-,20+/m0/s1. The number of phenols is 2. The van der Waals surface area contributed by atoms with Crippen LogP contribution in [0.2, 0.25) is 0 Å². The van der Waals surface area contributed by atoms with Crippen LogP contribution in [0.15, 0.2) is 42.5 Å². The Bertz CT molecular complexity index is 885. The second-order valence-corrected chi connectivity index (χ2v) is 6.68. The van der Waals surface area contributed by atoms with E-state index in [2.05, 4.69) is 6.58 Å². The summed E-state index contributed by atoms with van der Waals surface area (Å²) in [5.41, 5.74) is 2.05. The van der Waals surface area contributed by atoms with Gasteiger partial charge in [0.05, 0.1) is 7.11 Å². The summed E-state index contributed by atoms with van der Waals surface area (Å²) in [5.74, 6) is -0.156. The highest BCUT2D eigenvalue weighted by Crippen LogP contribution is 2.46. The molecule has 0 amide bonds. The molecule has 142 valence electrons. The predicted octanol–water partition coefficient (Wildman–Crippen LogP) is 3.29. The average Bonchev–Trinajstić information content (AvgIpc) is 2.63. The van der Waals surface area contributed by atoms with Crippen molar-refractivity contribution in [2.75, 3.05) is 7.11 Å². The van der Waals surface area contributed by atoms with Crippen molar-refractivity contribution in [3.05, 3.63) is 59.2 Å². The van der Waals surface area contributed by atoms with Crippen molar-refractivity contribution in [3.63, 3.8) is 0 Å². The van der Waals surface area contributed by atoms with Crippen molar-refractivity contribution >= 4 is 5.78 Å². The van der Waals surface area contributed by atoms with E-state index in [0.717, 1.165) is 5.57 Å². The topological polar surface area (TPSA) is 96.2 Å². The molecule has 0 aliphatic carbocycles. The maximum atomic E-state index is 12.9. The summed E-state index contributed by atoms with van der Waals surface area (Å²) < 4.78 is 11.2. The minimum absolute atomic E-state index is 0.0412. The lowest BCUT2D eigenvalue weighted by molar-refractivity contribution is 0.0205.